The zero-order valence-corrected chi connectivity index (χ0v) is 14.4. The molecule has 9 heteroatoms. The Hall–Kier alpha value is -0.740. The molecule has 0 aliphatic carbocycles. The van der Waals surface area contributed by atoms with Crippen molar-refractivity contribution >= 4 is 31.8 Å². The summed E-state index contributed by atoms with van der Waals surface area (Å²) >= 11 is 3.25. The molecule has 0 spiro atoms. The third-order valence-corrected chi connectivity index (χ3v) is 5.74. The lowest BCUT2D eigenvalue weighted by Crippen LogP contribution is -2.31. The molecule has 0 saturated carbocycles. The van der Waals surface area contributed by atoms with Gasteiger partial charge in [-0.15, -0.1) is 0 Å². The fourth-order valence-corrected chi connectivity index (χ4v) is 4.43. The van der Waals surface area contributed by atoms with Gasteiger partial charge in [0.25, 0.3) is 0 Å². The zero-order chi connectivity index (χ0) is 15.6. The maximum Gasteiger partial charge on any atom is 0.246 e. The number of aromatic nitrogens is 1. The lowest BCUT2D eigenvalue weighted by molar-refractivity contribution is -0.00461. The average molecular weight is 380 g/mol. The van der Waals surface area contributed by atoms with Gasteiger partial charge in [-0.3, -0.25) is 0 Å². The van der Waals surface area contributed by atoms with E-state index in [0.29, 0.717) is 10.3 Å². The normalized spacial score (nSPS) is 23.4. The van der Waals surface area contributed by atoms with E-state index in [9.17, 15) is 8.42 Å². The molecule has 1 aromatic rings. The minimum atomic E-state index is -3.67. The fraction of sp³-hybridized carbons (Fsp3) is 0.583. The van der Waals surface area contributed by atoms with Crippen LogP contribution in [0.25, 0.3) is 0 Å². The molecular weight excluding hydrogens is 362 g/mol. The van der Waals surface area contributed by atoms with Crippen LogP contribution in [0.1, 0.15) is 0 Å². The van der Waals surface area contributed by atoms with E-state index in [1.165, 1.54) is 10.4 Å². The van der Waals surface area contributed by atoms with Gasteiger partial charge in [-0.25, -0.2) is 13.4 Å². The first-order valence-corrected chi connectivity index (χ1v) is 8.56. The van der Waals surface area contributed by atoms with E-state index in [-0.39, 0.29) is 30.2 Å². The zero-order valence-electron chi connectivity index (χ0n) is 12.0. The van der Waals surface area contributed by atoms with Crippen LogP contribution in [-0.4, -0.2) is 64.3 Å². The number of rotatable bonds is 5. The molecule has 1 aliphatic rings. The van der Waals surface area contributed by atoms with Crippen molar-refractivity contribution in [2.24, 2.45) is 0 Å². The lowest BCUT2D eigenvalue weighted by Gasteiger charge is -2.18. The van der Waals surface area contributed by atoms with E-state index in [1.807, 2.05) is 0 Å². The van der Waals surface area contributed by atoms with Crippen molar-refractivity contribution in [3.05, 3.63) is 16.7 Å². The summed E-state index contributed by atoms with van der Waals surface area (Å²) in [6.45, 7) is 0.514. The van der Waals surface area contributed by atoms with E-state index in [1.54, 1.807) is 27.5 Å². The summed E-state index contributed by atoms with van der Waals surface area (Å²) in [5.41, 5.74) is 0. The van der Waals surface area contributed by atoms with Gasteiger partial charge in [0, 0.05) is 45.0 Å². The number of hydrogen-bond donors (Lipinski definition) is 1. The Morgan fingerprint density at radius 1 is 1.33 bits per heavy atom. The predicted octanol–water partition coefficient (Wildman–Crippen LogP) is 0.920. The standard InChI is InChI=1S/C12H18BrN3O4S/c1-14-12-11(4-8(13)5-15-12)21(17,18)16-6-9(19-2)10(7-16)20-3/h4-5,9-10H,6-7H2,1-3H3,(H,14,15). The minimum absolute atomic E-state index is 0.131. The molecular formula is C12H18BrN3O4S. The number of nitrogens with zero attached hydrogens (tertiary/aromatic N) is 2. The second kappa shape index (κ2) is 6.57. The highest BCUT2D eigenvalue weighted by atomic mass is 79.9. The second-order valence-electron chi connectivity index (χ2n) is 4.62. The maximum atomic E-state index is 12.8. The average Bonchev–Trinajstić information content (AvgIpc) is 2.91. The quantitative estimate of drug-likeness (QED) is 0.819. The summed E-state index contributed by atoms with van der Waals surface area (Å²) < 4.78 is 38.1. The highest BCUT2D eigenvalue weighted by Gasteiger charge is 2.40. The Kier molecular flexibility index (Phi) is 5.20. The smallest absolute Gasteiger partial charge is 0.246 e. The molecule has 7 nitrogen and oxygen atoms in total. The molecule has 1 saturated heterocycles. The number of halogens is 1. The number of methoxy groups -OCH3 is 2. The van der Waals surface area contributed by atoms with E-state index in [4.69, 9.17) is 9.47 Å². The van der Waals surface area contributed by atoms with Crippen molar-refractivity contribution in [2.75, 3.05) is 39.7 Å². The van der Waals surface area contributed by atoms with Crippen LogP contribution < -0.4 is 5.32 Å². The van der Waals surface area contributed by atoms with Crippen molar-refractivity contribution in [2.45, 2.75) is 17.1 Å². The summed E-state index contributed by atoms with van der Waals surface area (Å²) in [7, 11) is 1.06. The Bertz CT molecular complexity index is 599. The lowest BCUT2D eigenvalue weighted by atomic mass is 10.3. The third kappa shape index (κ3) is 3.21. The molecule has 1 N–H and O–H groups in total. The summed E-state index contributed by atoms with van der Waals surface area (Å²) in [6, 6.07) is 1.54. The Morgan fingerprint density at radius 3 is 2.38 bits per heavy atom. The Morgan fingerprint density at radius 2 is 1.90 bits per heavy atom. The molecule has 1 aromatic heterocycles. The number of anilines is 1. The first-order chi connectivity index (χ1) is 9.93. The van der Waals surface area contributed by atoms with Crippen molar-refractivity contribution in [3.8, 4) is 0 Å². The molecule has 0 amide bonds. The van der Waals surface area contributed by atoms with Gasteiger partial charge in [0.1, 0.15) is 10.7 Å². The van der Waals surface area contributed by atoms with Crippen LogP contribution in [0.4, 0.5) is 5.82 Å². The molecule has 2 unspecified atom stereocenters. The van der Waals surface area contributed by atoms with Crippen molar-refractivity contribution < 1.29 is 17.9 Å². The van der Waals surface area contributed by atoms with Gasteiger partial charge in [-0.05, 0) is 22.0 Å². The first-order valence-electron chi connectivity index (χ1n) is 6.33. The maximum absolute atomic E-state index is 12.8. The third-order valence-electron chi connectivity index (χ3n) is 3.46. The highest BCUT2D eigenvalue weighted by molar-refractivity contribution is 9.10. The van der Waals surface area contributed by atoms with Crippen LogP contribution in [0, 0.1) is 0 Å². The fourth-order valence-electron chi connectivity index (χ4n) is 2.30. The van der Waals surface area contributed by atoms with Crippen LogP contribution >= 0.6 is 15.9 Å². The van der Waals surface area contributed by atoms with Crippen molar-refractivity contribution in [1.82, 2.24) is 9.29 Å². The second-order valence-corrected chi connectivity index (χ2v) is 7.44. The van der Waals surface area contributed by atoms with Gasteiger partial charge in [0.2, 0.25) is 10.0 Å². The Balaban J connectivity index is 2.37. The molecule has 1 aliphatic heterocycles. The number of pyridine rings is 1. The van der Waals surface area contributed by atoms with Gasteiger partial charge in [-0.2, -0.15) is 4.31 Å². The van der Waals surface area contributed by atoms with Crippen LogP contribution in [0.5, 0.6) is 0 Å². The monoisotopic (exact) mass is 379 g/mol. The summed E-state index contributed by atoms with van der Waals surface area (Å²) in [4.78, 5) is 4.22. The first kappa shape index (κ1) is 16.6. The van der Waals surface area contributed by atoms with E-state index < -0.39 is 10.0 Å². The molecule has 2 atom stereocenters. The topological polar surface area (TPSA) is 80.8 Å². The van der Waals surface area contributed by atoms with E-state index in [2.05, 4.69) is 26.2 Å². The summed E-state index contributed by atoms with van der Waals surface area (Å²) in [6.07, 6.45) is 0.996. The number of hydrogen-bond acceptors (Lipinski definition) is 6. The number of nitrogens with one attached hydrogen (secondary N) is 1. The van der Waals surface area contributed by atoms with Gasteiger partial charge < -0.3 is 14.8 Å². The van der Waals surface area contributed by atoms with E-state index in [0.717, 1.165) is 0 Å². The van der Waals surface area contributed by atoms with Crippen LogP contribution in [0.15, 0.2) is 21.6 Å². The largest absolute Gasteiger partial charge is 0.377 e. The molecule has 0 radical (unpaired) electrons. The van der Waals surface area contributed by atoms with Crippen molar-refractivity contribution in [3.63, 3.8) is 0 Å². The molecule has 2 heterocycles. The minimum Gasteiger partial charge on any atom is -0.377 e. The molecule has 21 heavy (non-hydrogen) atoms. The molecule has 2 rings (SSSR count). The molecule has 118 valence electrons. The summed E-state index contributed by atoms with van der Waals surface area (Å²) in [5.74, 6) is 0.313. The predicted molar refractivity (Wildman–Crippen MR) is 81.8 cm³/mol. The number of sulfonamides is 1. The van der Waals surface area contributed by atoms with E-state index >= 15 is 0 Å². The highest BCUT2D eigenvalue weighted by Crippen LogP contribution is 2.29. The summed E-state index contributed by atoms with van der Waals surface area (Å²) in [5, 5.41) is 2.80. The Labute approximate surface area is 132 Å². The van der Waals surface area contributed by atoms with Gasteiger partial charge in [0.15, 0.2) is 0 Å². The number of ether oxygens (including phenoxy) is 2. The van der Waals surface area contributed by atoms with Gasteiger partial charge >= 0.3 is 0 Å². The van der Waals surface area contributed by atoms with Crippen molar-refractivity contribution in [1.29, 1.82) is 0 Å². The molecule has 1 fully saturated rings. The van der Waals surface area contributed by atoms with Gasteiger partial charge in [-0.1, -0.05) is 0 Å². The SMILES string of the molecule is CNc1ncc(Br)cc1S(=O)(=O)N1CC(OC)C(OC)C1. The van der Waals surface area contributed by atoms with Gasteiger partial charge in [0.05, 0.1) is 12.2 Å². The molecule has 0 aromatic carbocycles. The van der Waals surface area contributed by atoms with Crippen LogP contribution in [-0.2, 0) is 19.5 Å². The van der Waals surface area contributed by atoms with Crippen LogP contribution in [0.3, 0.4) is 0 Å². The molecule has 0 bridgehead atoms. The van der Waals surface area contributed by atoms with Crippen LogP contribution in [0.2, 0.25) is 0 Å².